The van der Waals surface area contributed by atoms with E-state index in [9.17, 15) is 0 Å². The van der Waals surface area contributed by atoms with Gasteiger partial charge in [0.25, 0.3) is 0 Å². The Morgan fingerprint density at radius 2 is 2.50 bits per heavy atom. The zero-order valence-electron chi connectivity index (χ0n) is 8.07. The molecule has 0 amide bonds. The average Bonchev–Trinajstić information content (AvgIpc) is 2.20. The zero-order chi connectivity index (χ0) is 9.97. The first-order valence-electron chi connectivity index (χ1n) is 4.72. The molecule has 1 fully saturated rings. The molecule has 1 aromatic heterocycles. The van der Waals surface area contributed by atoms with Crippen molar-refractivity contribution in [2.24, 2.45) is 0 Å². The number of nitrogens with one attached hydrogen (secondary N) is 1. The van der Waals surface area contributed by atoms with E-state index in [1.165, 1.54) is 0 Å². The lowest BCUT2D eigenvalue weighted by atomic mass is 10.2. The predicted molar refractivity (Wildman–Crippen MR) is 59.4 cm³/mol. The van der Waals surface area contributed by atoms with Gasteiger partial charge in [0.1, 0.15) is 12.1 Å². The van der Waals surface area contributed by atoms with Crippen molar-refractivity contribution in [3.8, 4) is 0 Å². The lowest BCUT2D eigenvalue weighted by molar-refractivity contribution is 0.496. The maximum Gasteiger partial charge on any atom is 0.146 e. The van der Waals surface area contributed by atoms with Gasteiger partial charge >= 0.3 is 0 Å². The van der Waals surface area contributed by atoms with Crippen molar-refractivity contribution < 1.29 is 0 Å². The summed E-state index contributed by atoms with van der Waals surface area (Å²) in [6, 6.07) is 0.481. The van der Waals surface area contributed by atoms with Gasteiger partial charge in [0.05, 0.1) is 4.47 Å². The van der Waals surface area contributed by atoms with Crippen LogP contribution in [0.5, 0.6) is 0 Å². The molecule has 0 aromatic carbocycles. The molecule has 1 aromatic rings. The number of hydrogen-bond donors (Lipinski definition) is 1. The van der Waals surface area contributed by atoms with Crippen LogP contribution in [-0.4, -0.2) is 35.6 Å². The zero-order valence-corrected chi connectivity index (χ0v) is 9.66. The van der Waals surface area contributed by atoms with E-state index < -0.39 is 0 Å². The van der Waals surface area contributed by atoms with Crippen molar-refractivity contribution in [3.63, 3.8) is 0 Å². The van der Waals surface area contributed by atoms with Crippen LogP contribution in [0.25, 0.3) is 0 Å². The summed E-state index contributed by atoms with van der Waals surface area (Å²) in [5.74, 6) is 0.994. The normalized spacial score (nSPS) is 22.4. The third-order valence-corrected chi connectivity index (χ3v) is 2.98. The summed E-state index contributed by atoms with van der Waals surface area (Å²) in [6.07, 6.45) is 3.38. The Morgan fingerprint density at radius 1 is 1.64 bits per heavy atom. The average molecular weight is 257 g/mol. The minimum Gasteiger partial charge on any atom is -0.350 e. The van der Waals surface area contributed by atoms with E-state index in [1.807, 2.05) is 0 Å². The molecule has 1 unspecified atom stereocenters. The monoisotopic (exact) mass is 256 g/mol. The molecule has 1 N–H and O–H groups in total. The summed E-state index contributed by atoms with van der Waals surface area (Å²) in [4.78, 5) is 10.6. The van der Waals surface area contributed by atoms with Crippen LogP contribution in [0.2, 0.25) is 0 Å². The van der Waals surface area contributed by atoms with E-state index in [2.05, 4.69) is 43.0 Å². The summed E-state index contributed by atoms with van der Waals surface area (Å²) in [5.41, 5.74) is 0. The van der Waals surface area contributed by atoms with Crippen molar-refractivity contribution >= 4 is 21.7 Å². The molecule has 1 atom stereocenters. The fraction of sp³-hybridized carbons (Fsp3) is 0.556. The van der Waals surface area contributed by atoms with Crippen molar-refractivity contribution in [2.75, 3.05) is 24.5 Å². The Balaban J connectivity index is 2.25. The van der Waals surface area contributed by atoms with Crippen LogP contribution in [0.15, 0.2) is 17.0 Å². The van der Waals surface area contributed by atoms with Gasteiger partial charge in [-0.05, 0) is 22.9 Å². The highest BCUT2D eigenvalue weighted by Crippen LogP contribution is 2.24. The van der Waals surface area contributed by atoms with Crippen LogP contribution < -0.4 is 10.2 Å². The SMILES string of the molecule is CC1CNCCN1c1ncncc1Br. The largest absolute Gasteiger partial charge is 0.350 e. The molecule has 2 rings (SSSR count). The molecule has 5 heteroatoms. The van der Waals surface area contributed by atoms with Gasteiger partial charge in [-0.1, -0.05) is 0 Å². The van der Waals surface area contributed by atoms with Crippen molar-refractivity contribution in [2.45, 2.75) is 13.0 Å². The van der Waals surface area contributed by atoms with Crippen molar-refractivity contribution in [1.29, 1.82) is 0 Å². The molecule has 1 aliphatic rings. The second-order valence-electron chi connectivity index (χ2n) is 3.44. The first kappa shape index (κ1) is 9.86. The predicted octanol–water partition coefficient (Wildman–Crippen LogP) is 1.04. The van der Waals surface area contributed by atoms with Gasteiger partial charge in [0.2, 0.25) is 0 Å². The van der Waals surface area contributed by atoms with Crippen LogP contribution in [0.3, 0.4) is 0 Å². The lowest BCUT2D eigenvalue weighted by Crippen LogP contribution is -2.50. The Kier molecular flexibility index (Phi) is 2.98. The highest BCUT2D eigenvalue weighted by Gasteiger charge is 2.20. The second kappa shape index (κ2) is 4.23. The first-order valence-corrected chi connectivity index (χ1v) is 5.51. The van der Waals surface area contributed by atoms with E-state index in [4.69, 9.17) is 0 Å². The van der Waals surface area contributed by atoms with Gasteiger partial charge < -0.3 is 10.2 Å². The number of rotatable bonds is 1. The molecular formula is C9H13BrN4. The Morgan fingerprint density at radius 3 is 3.21 bits per heavy atom. The first-order chi connectivity index (χ1) is 6.79. The standard InChI is InChI=1S/C9H13BrN4/c1-7-4-11-2-3-14(7)9-8(10)5-12-6-13-9/h5-7,11H,2-4H2,1H3. The van der Waals surface area contributed by atoms with Gasteiger partial charge in [0, 0.05) is 31.9 Å². The highest BCUT2D eigenvalue weighted by atomic mass is 79.9. The lowest BCUT2D eigenvalue weighted by Gasteiger charge is -2.35. The molecule has 1 saturated heterocycles. The Bertz CT molecular complexity index is 317. The number of piperazine rings is 1. The molecule has 2 heterocycles. The molecule has 14 heavy (non-hydrogen) atoms. The van der Waals surface area contributed by atoms with Gasteiger partial charge in [-0.25, -0.2) is 9.97 Å². The molecule has 0 bridgehead atoms. The van der Waals surface area contributed by atoms with Crippen LogP contribution in [0, 0.1) is 0 Å². The molecule has 76 valence electrons. The summed E-state index contributed by atoms with van der Waals surface area (Å²) < 4.78 is 0.966. The van der Waals surface area contributed by atoms with Crippen LogP contribution in [-0.2, 0) is 0 Å². The van der Waals surface area contributed by atoms with Crippen LogP contribution in [0.1, 0.15) is 6.92 Å². The van der Waals surface area contributed by atoms with Gasteiger partial charge in [0.15, 0.2) is 0 Å². The van der Waals surface area contributed by atoms with E-state index in [0.29, 0.717) is 6.04 Å². The molecule has 0 saturated carbocycles. The topological polar surface area (TPSA) is 41.0 Å². The van der Waals surface area contributed by atoms with Gasteiger partial charge in [-0.15, -0.1) is 0 Å². The molecule has 0 radical (unpaired) electrons. The fourth-order valence-corrected chi connectivity index (χ4v) is 2.12. The third kappa shape index (κ3) is 1.88. The summed E-state index contributed by atoms with van der Waals surface area (Å²) in [5, 5.41) is 3.35. The maximum atomic E-state index is 4.29. The molecule has 0 spiro atoms. The number of hydrogen-bond acceptors (Lipinski definition) is 4. The maximum absolute atomic E-state index is 4.29. The van der Waals surface area contributed by atoms with Gasteiger partial charge in [-0.3, -0.25) is 0 Å². The summed E-state index contributed by atoms with van der Waals surface area (Å²) in [7, 11) is 0. The van der Waals surface area contributed by atoms with Crippen molar-refractivity contribution in [3.05, 3.63) is 17.0 Å². The van der Waals surface area contributed by atoms with Crippen molar-refractivity contribution in [1.82, 2.24) is 15.3 Å². The number of halogens is 1. The molecule has 1 aliphatic heterocycles. The van der Waals surface area contributed by atoms with Crippen LogP contribution >= 0.6 is 15.9 Å². The van der Waals surface area contributed by atoms with E-state index in [-0.39, 0.29) is 0 Å². The van der Waals surface area contributed by atoms with Crippen LogP contribution in [0.4, 0.5) is 5.82 Å². The van der Waals surface area contributed by atoms with E-state index in [1.54, 1.807) is 12.5 Å². The quantitative estimate of drug-likeness (QED) is 0.816. The van der Waals surface area contributed by atoms with Gasteiger partial charge in [-0.2, -0.15) is 0 Å². The summed E-state index contributed by atoms with van der Waals surface area (Å²) in [6.45, 7) is 5.22. The molecule has 4 nitrogen and oxygen atoms in total. The Labute approximate surface area is 91.9 Å². The number of anilines is 1. The molecular weight excluding hydrogens is 244 g/mol. The van der Waals surface area contributed by atoms with E-state index >= 15 is 0 Å². The smallest absolute Gasteiger partial charge is 0.146 e. The molecule has 0 aliphatic carbocycles. The Hall–Kier alpha value is -0.680. The number of aromatic nitrogens is 2. The summed E-state index contributed by atoms with van der Waals surface area (Å²) >= 11 is 3.47. The minimum atomic E-state index is 0.481. The van der Waals surface area contributed by atoms with E-state index in [0.717, 1.165) is 29.9 Å². The minimum absolute atomic E-state index is 0.481. The highest BCUT2D eigenvalue weighted by molar-refractivity contribution is 9.10. The fourth-order valence-electron chi connectivity index (χ4n) is 1.67. The third-order valence-electron chi connectivity index (χ3n) is 2.42. The second-order valence-corrected chi connectivity index (χ2v) is 4.30. The number of nitrogens with zero attached hydrogens (tertiary/aromatic N) is 3.